The number of nitrogens with one attached hydrogen (secondary N) is 1. The number of ketones is 3. The number of carbonyl (C=O) groups is 6. The zero-order valence-electron chi connectivity index (χ0n) is 44.9. The number of carbonyl (C=O) groups excluding carboxylic acids is 6. The van der Waals surface area contributed by atoms with Gasteiger partial charge in [-0.05, 0) is 61.8 Å². The highest BCUT2D eigenvalue weighted by Crippen LogP contribution is 2.34. The van der Waals surface area contributed by atoms with Crippen molar-refractivity contribution in [3.05, 3.63) is 52.5 Å². The molecule has 0 spiro atoms. The lowest BCUT2D eigenvalue weighted by Crippen LogP contribution is -2.54. The van der Waals surface area contributed by atoms with Gasteiger partial charge in [-0.1, -0.05) is 98.1 Å². The van der Waals surface area contributed by atoms with E-state index in [9.17, 15) is 28.8 Å². The molecule has 16 heteroatoms. The number of likely N-dealkylation sites (N-methyl/N-ethyl adjacent to an activating group) is 2. The molecule has 1 saturated heterocycles. The smallest absolute Gasteiger partial charge is 0.226 e. The van der Waals surface area contributed by atoms with E-state index in [-0.39, 0.29) is 90.6 Å². The Balaban J connectivity index is 1.66. The molecule has 71 heavy (non-hydrogen) atoms. The van der Waals surface area contributed by atoms with E-state index in [4.69, 9.17) is 19.4 Å². The van der Waals surface area contributed by atoms with Crippen LogP contribution in [0, 0.1) is 29.6 Å². The first-order valence-corrected chi connectivity index (χ1v) is 27.1. The van der Waals surface area contributed by atoms with Gasteiger partial charge in [-0.2, -0.15) is 5.48 Å². The molecule has 0 aliphatic carbocycles. The Bertz CT molecular complexity index is 1900. The molecule has 1 aromatic carbocycles. The van der Waals surface area contributed by atoms with Crippen molar-refractivity contribution in [3.8, 4) is 0 Å². The highest BCUT2D eigenvalue weighted by molar-refractivity contribution is 7.09. The number of ether oxygens (including phenoxy) is 3. The largest absolute Gasteiger partial charge is 0.381 e. The number of hydrogen-bond acceptors (Lipinski definition) is 13. The quantitative estimate of drug-likeness (QED) is 0.0492. The van der Waals surface area contributed by atoms with Crippen LogP contribution in [0.1, 0.15) is 148 Å². The number of likely N-dealkylation sites (tertiary alicyclic amines) is 1. The van der Waals surface area contributed by atoms with Crippen LogP contribution in [-0.4, -0.2) is 145 Å². The summed E-state index contributed by atoms with van der Waals surface area (Å²) in [6.45, 7) is 15.2. The number of rotatable bonds is 36. The number of hydroxylamine groups is 1. The molecule has 1 aromatic heterocycles. The van der Waals surface area contributed by atoms with Crippen LogP contribution in [0.25, 0.3) is 0 Å². The average molecular weight is 1010 g/mol. The number of aromatic nitrogens is 1. The first-order chi connectivity index (χ1) is 33.9. The summed E-state index contributed by atoms with van der Waals surface area (Å²) in [5.41, 5.74) is 3.03. The van der Waals surface area contributed by atoms with Gasteiger partial charge in [-0.25, -0.2) is 4.98 Å². The third-order valence-corrected chi connectivity index (χ3v) is 15.6. The lowest BCUT2D eigenvalue weighted by atomic mass is 9.83. The Morgan fingerprint density at radius 3 is 2.14 bits per heavy atom. The van der Waals surface area contributed by atoms with Crippen molar-refractivity contribution in [1.82, 2.24) is 25.2 Å². The maximum absolute atomic E-state index is 14.7. The minimum absolute atomic E-state index is 0.0205. The first kappa shape index (κ1) is 61.4. The van der Waals surface area contributed by atoms with Gasteiger partial charge in [0.25, 0.3) is 0 Å². The van der Waals surface area contributed by atoms with Gasteiger partial charge < -0.3 is 34.1 Å². The van der Waals surface area contributed by atoms with Crippen molar-refractivity contribution in [2.45, 2.75) is 175 Å². The van der Waals surface area contributed by atoms with Crippen LogP contribution in [0.4, 0.5) is 0 Å². The van der Waals surface area contributed by atoms with Crippen LogP contribution in [-0.2, 0) is 49.4 Å². The van der Waals surface area contributed by atoms with Gasteiger partial charge in [0.15, 0.2) is 5.78 Å². The van der Waals surface area contributed by atoms with Gasteiger partial charge in [-0.15, -0.1) is 11.3 Å². The second kappa shape index (κ2) is 32.3. The zero-order valence-corrected chi connectivity index (χ0v) is 45.8. The Labute approximate surface area is 429 Å². The number of unbranched alkanes of at least 4 members (excludes halogenated alkanes) is 3. The third-order valence-electron chi connectivity index (χ3n) is 14.7. The van der Waals surface area contributed by atoms with Crippen LogP contribution in [0.2, 0.25) is 0 Å². The van der Waals surface area contributed by atoms with Crippen LogP contribution in [0.15, 0.2) is 41.9 Å². The number of Topliss-reactive ketones (excluding diaryl/α,β-unsaturated/α-hetero) is 3. The van der Waals surface area contributed by atoms with E-state index in [1.807, 2.05) is 75.5 Å². The lowest BCUT2D eigenvalue weighted by molar-refractivity contribution is -0.149. The molecular weight excluding hydrogens is 923 g/mol. The number of nitrogens with zero attached hydrogens (tertiary/aromatic N) is 4. The highest BCUT2D eigenvalue weighted by atomic mass is 32.1. The molecule has 0 bridgehead atoms. The van der Waals surface area contributed by atoms with E-state index in [1.165, 1.54) is 4.90 Å². The van der Waals surface area contributed by atoms with Gasteiger partial charge in [0.1, 0.15) is 11.6 Å². The molecule has 2 N–H and O–H groups in total. The third kappa shape index (κ3) is 19.1. The average Bonchev–Trinajstić information content (AvgIpc) is 4.07. The van der Waals surface area contributed by atoms with Crippen molar-refractivity contribution in [3.63, 3.8) is 0 Å². The van der Waals surface area contributed by atoms with Crippen LogP contribution in [0.3, 0.4) is 0 Å². The fourth-order valence-corrected chi connectivity index (χ4v) is 11.2. The molecule has 15 nitrogen and oxygen atoms in total. The van der Waals surface area contributed by atoms with Crippen molar-refractivity contribution in [2.75, 3.05) is 54.6 Å². The van der Waals surface area contributed by atoms with Gasteiger partial charge in [-0.3, -0.25) is 28.8 Å². The lowest BCUT2D eigenvalue weighted by Gasteiger charge is -2.41. The van der Waals surface area contributed by atoms with E-state index < -0.39 is 36.1 Å². The molecule has 2 heterocycles. The molecule has 3 rings (SSSR count). The van der Waals surface area contributed by atoms with E-state index in [0.29, 0.717) is 58.3 Å². The number of methoxy groups -OCH3 is 2. The van der Waals surface area contributed by atoms with Crippen molar-refractivity contribution in [1.29, 1.82) is 0 Å². The van der Waals surface area contributed by atoms with Gasteiger partial charge in [0.05, 0.1) is 48.3 Å². The van der Waals surface area contributed by atoms with Crippen molar-refractivity contribution >= 4 is 46.4 Å². The Morgan fingerprint density at radius 2 is 1.54 bits per heavy atom. The topological polar surface area (TPSA) is 185 Å². The van der Waals surface area contributed by atoms with Gasteiger partial charge in [0.2, 0.25) is 17.7 Å². The minimum Gasteiger partial charge on any atom is -0.381 e. The van der Waals surface area contributed by atoms with Gasteiger partial charge >= 0.3 is 0 Å². The molecule has 1 aliphatic rings. The molecule has 0 saturated carbocycles. The molecule has 400 valence electrons. The second-order valence-electron chi connectivity index (χ2n) is 20.5. The van der Waals surface area contributed by atoms with E-state index in [2.05, 4.69) is 24.0 Å². The fourth-order valence-electron chi connectivity index (χ4n) is 10.4. The summed E-state index contributed by atoms with van der Waals surface area (Å²) in [5.74, 6) is -2.27. The van der Waals surface area contributed by atoms with E-state index in [1.54, 1.807) is 50.7 Å². The number of benzene rings is 1. The molecule has 9 atom stereocenters. The van der Waals surface area contributed by atoms with Gasteiger partial charge in [0, 0.05) is 103 Å². The summed E-state index contributed by atoms with van der Waals surface area (Å²) in [4.78, 5) is 92.2. The summed E-state index contributed by atoms with van der Waals surface area (Å²) in [6.07, 6.45) is 8.38. The first-order valence-electron chi connectivity index (χ1n) is 26.2. The molecule has 3 amide bonds. The maximum atomic E-state index is 14.7. The standard InChI is InChI=1S/C55H89N5O10S/c1-12-39(6)52(59(9)55(66)44(37(2)3)34-47(63)51(38(4)5)58(8)49(64)26-21-30-70-29-19-14-13-18-24-43(61)36-57-67)48(68-10)35-50(65)60-28-20-25-45(60)53(69-11)40(7)46(62)33-42(54-56-27-31-71-54)32-41-22-16-15-17-23-41/h15-17,22-23,27,31,37-40,42,44-45,48,51-53,57,67H,12-14,18-21,24-26,28-30,32-36H2,1-11H3/t39?,40-,42+,44-,45-,48+,51-,52-,53+/m0/s1. The molecule has 1 aliphatic heterocycles. The second-order valence-corrected chi connectivity index (χ2v) is 21.4. The molecule has 1 unspecified atom stereocenters. The number of amides is 3. The molecule has 1 fully saturated rings. The molecule has 0 radical (unpaired) electrons. The molecular formula is C55H89N5O10S. The Kier molecular flexibility index (Phi) is 27.9. The SMILES string of the molecule is CCC(C)[C@@H]([C@@H](CC(=O)N1CCC[C@H]1[C@H](OC)[C@@H](C)C(=O)C[C@@H](Cc1ccccc1)c1nccs1)OC)N(C)C(=O)[C@@H](CC(=O)[C@H](C(C)C)N(C)C(=O)CCCOCCCCCCC(=O)CNO)C(C)C. The van der Waals surface area contributed by atoms with E-state index in [0.717, 1.165) is 42.7 Å². The maximum Gasteiger partial charge on any atom is 0.226 e. The minimum atomic E-state index is -0.714. The predicted molar refractivity (Wildman–Crippen MR) is 278 cm³/mol. The Morgan fingerprint density at radius 1 is 0.845 bits per heavy atom. The van der Waals surface area contributed by atoms with Crippen LogP contribution < -0.4 is 5.48 Å². The van der Waals surface area contributed by atoms with E-state index >= 15 is 0 Å². The van der Waals surface area contributed by atoms with Crippen LogP contribution >= 0.6 is 11.3 Å². The molecule has 2 aromatic rings. The Hall–Kier alpha value is -3.93. The number of hydrogen-bond donors (Lipinski definition) is 2. The predicted octanol–water partition coefficient (Wildman–Crippen LogP) is 8.36. The summed E-state index contributed by atoms with van der Waals surface area (Å²) in [6, 6.07) is 8.62. The summed E-state index contributed by atoms with van der Waals surface area (Å²) in [5, 5.41) is 11.5. The normalized spacial score (nSPS) is 17.3. The summed E-state index contributed by atoms with van der Waals surface area (Å²) < 4.78 is 18.0. The zero-order chi connectivity index (χ0) is 52.6. The summed E-state index contributed by atoms with van der Waals surface area (Å²) in [7, 11) is 6.60. The fraction of sp³-hybridized carbons (Fsp3) is 0.727. The van der Waals surface area contributed by atoms with Crippen molar-refractivity contribution < 1.29 is 48.2 Å². The van der Waals surface area contributed by atoms with Crippen molar-refractivity contribution in [2.24, 2.45) is 29.6 Å². The highest BCUT2D eigenvalue weighted by Gasteiger charge is 2.43. The summed E-state index contributed by atoms with van der Waals surface area (Å²) >= 11 is 1.56. The monoisotopic (exact) mass is 1010 g/mol. The number of thiazole rings is 1. The van der Waals surface area contributed by atoms with Crippen LogP contribution in [0.5, 0.6) is 0 Å².